The molecule has 8 heteroatoms. The number of carbonyl (C=O) groups excluding carboxylic acids is 3. The molecule has 2 aromatic rings. The number of carbonyl (C=O) groups is 3. The van der Waals surface area contributed by atoms with Crippen LogP contribution in [0.1, 0.15) is 34.3 Å². The van der Waals surface area contributed by atoms with E-state index in [1.807, 2.05) is 24.3 Å². The van der Waals surface area contributed by atoms with E-state index in [2.05, 4.69) is 27.8 Å². The number of hydrogen-bond acceptors (Lipinski definition) is 5. The monoisotopic (exact) mass is 474 g/mol. The Morgan fingerprint density at radius 1 is 0.971 bits per heavy atom. The molecule has 3 aliphatic rings. The second-order valence-corrected chi connectivity index (χ2v) is 9.25. The van der Waals surface area contributed by atoms with Crippen molar-refractivity contribution in [1.29, 1.82) is 0 Å². The molecule has 2 aromatic carbocycles. The van der Waals surface area contributed by atoms with Crippen LogP contribution in [0.3, 0.4) is 0 Å². The van der Waals surface area contributed by atoms with Crippen LogP contribution in [0.15, 0.2) is 60.7 Å². The molecule has 8 nitrogen and oxygen atoms in total. The van der Waals surface area contributed by atoms with Gasteiger partial charge in [-0.15, -0.1) is 0 Å². The second kappa shape index (κ2) is 10.4. The van der Waals surface area contributed by atoms with Gasteiger partial charge in [-0.05, 0) is 42.2 Å². The molecule has 2 unspecified atom stereocenters. The highest BCUT2D eigenvalue weighted by Gasteiger charge is 2.42. The smallest absolute Gasteiger partial charge is 0.251 e. The Bertz CT molecular complexity index is 1140. The van der Waals surface area contributed by atoms with Crippen LogP contribution in [0.4, 0.5) is 5.69 Å². The predicted octanol–water partition coefficient (Wildman–Crippen LogP) is 2.41. The van der Waals surface area contributed by atoms with Gasteiger partial charge in [0.25, 0.3) is 5.91 Å². The molecule has 0 saturated carbocycles. The van der Waals surface area contributed by atoms with Crippen molar-refractivity contribution in [3.63, 3.8) is 0 Å². The van der Waals surface area contributed by atoms with E-state index >= 15 is 0 Å². The number of nitrogens with zero attached hydrogens (tertiary/aromatic N) is 2. The third kappa shape index (κ3) is 5.28. The Morgan fingerprint density at radius 3 is 2.54 bits per heavy atom. The van der Waals surface area contributed by atoms with Gasteiger partial charge in [0.15, 0.2) is 0 Å². The number of hydrazine groups is 1. The summed E-state index contributed by atoms with van der Waals surface area (Å²) < 4.78 is 5.42. The number of hydrogen-bond donors (Lipinski definition) is 2. The molecule has 1 aliphatic carbocycles. The average Bonchev–Trinajstić information content (AvgIpc) is 2.90. The van der Waals surface area contributed by atoms with E-state index < -0.39 is 0 Å². The highest BCUT2D eigenvalue weighted by molar-refractivity contribution is 6.05. The zero-order valence-corrected chi connectivity index (χ0v) is 19.6. The zero-order valence-electron chi connectivity index (χ0n) is 19.6. The fraction of sp³-hybridized carbons (Fsp3) is 0.370. The van der Waals surface area contributed by atoms with Gasteiger partial charge in [-0.2, -0.15) is 0 Å². The number of fused-ring (bicyclic) bond motifs is 1. The summed E-state index contributed by atoms with van der Waals surface area (Å²) in [5, 5.41) is 4.26. The highest BCUT2D eigenvalue weighted by atomic mass is 16.5. The molecule has 0 bridgehead atoms. The summed E-state index contributed by atoms with van der Waals surface area (Å²) in [6.07, 6.45) is 5.03. The van der Waals surface area contributed by atoms with Crippen LogP contribution in [0, 0.1) is 11.8 Å². The minimum absolute atomic E-state index is 0.145. The maximum Gasteiger partial charge on any atom is 0.251 e. The lowest BCUT2D eigenvalue weighted by atomic mass is 9.80. The molecular formula is C27H30N4O4. The lowest BCUT2D eigenvalue weighted by molar-refractivity contribution is -0.139. The molecule has 3 amide bonds. The van der Waals surface area contributed by atoms with Gasteiger partial charge in [-0.1, -0.05) is 42.5 Å². The van der Waals surface area contributed by atoms with Crippen molar-refractivity contribution in [2.24, 2.45) is 11.8 Å². The lowest BCUT2D eigenvalue weighted by Gasteiger charge is -2.38. The van der Waals surface area contributed by atoms with Gasteiger partial charge < -0.3 is 10.1 Å². The van der Waals surface area contributed by atoms with Crippen LogP contribution < -0.4 is 15.8 Å². The van der Waals surface area contributed by atoms with Crippen molar-refractivity contribution in [1.82, 2.24) is 15.6 Å². The second-order valence-electron chi connectivity index (χ2n) is 9.25. The summed E-state index contributed by atoms with van der Waals surface area (Å²) in [4.78, 5) is 40.9. The van der Waals surface area contributed by atoms with Crippen LogP contribution in [0.25, 0.3) is 0 Å². The van der Waals surface area contributed by atoms with Crippen LogP contribution in [0.5, 0.6) is 0 Å². The van der Waals surface area contributed by atoms with Crippen molar-refractivity contribution in [2.45, 2.75) is 25.9 Å². The first-order valence-electron chi connectivity index (χ1n) is 12.1. The molecular weight excluding hydrogens is 444 g/mol. The molecule has 2 N–H and O–H groups in total. The Morgan fingerprint density at radius 2 is 1.71 bits per heavy atom. The summed E-state index contributed by atoms with van der Waals surface area (Å²) >= 11 is 0. The summed E-state index contributed by atoms with van der Waals surface area (Å²) in [6, 6.07) is 15.0. The first-order chi connectivity index (χ1) is 17.1. The third-order valence-corrected chi connectivity index (χ3v) is 6.85. The van der Waals surface area contributed by atoms with Gasteiger partial charge in [-0.3, -0.25) is 24.7 Å². The first-order valence-corrected chi connectivity index (χ1v) is 12.1. The van der Waals surface area contributed by atoms with E-state index in [1.165, 1.54) is 10.6 Å². The Kier molecular flexibility index (Phi) is 6.92. The molecule has 35 heavy (non-hydrogen) atoms. The molecule has 182 valence electrons. The van der Waals surface area contributed by atoms with E-state index in [4.69, 9.17) is 4.74 Å². The fourth-order valence-corrected chi connectivity index (χ4v) is 4.91. The number of amides is 3. The summed E-state index contributed by atoms with van der Waals surface area (Å²) in [7, 11) is 0. The number of anilines is 1. The Hall–Kier alpha value is -3.49. The van der Waals surface area contributed by atoms with E-state index in [-0.39, 0.29) is 29.6 Å². The van der Waals surface area contributed by atoms with Crippen LogP contribution in [-0.4, -0.2) is 48.9 Å². The van der Waals surface area contributed by atoms with Gasteiger partial charge in [0.05, 0.1) is 30.7 Å². The number of benzene rings is 2. The number of allylic oxidation sites excluding steroid dienone is 2. The van der Waals surface area contributed by atoms with Crippen LogP contribution in [-0.2, 0) is 27.4 Å². The van der Waals surface area contributed by atoms with E-state index in [0.29, 0.717) is 30.6 Å². The fourth-order valence-electron chi connectivity index (χ4n) is 4.91. The molecule has 2 fully saturated rings. The Balaban J connectivity index is 1.23. The number of rotatable bonds is 6. The third-order valence-electron chi connectivity index (χ3n) is 6.85. The standard InChI is InChI=1S/C27H30N4O4/c32-25(28-17-19-5-3-6-20(15-19)18-30-11-13-35-14-12-30)21-7-4-8-22(16-21)31-27(34)24-10-2-1-9-23(24)26(33)29-31/h1-8,15-16,23-24H,9-14,17-18H2,(H,28,32)(H,29,33). The van der Waals surface area contributed by atoms with Gasteiger partial charge >= 0.3 is 0 Å². The normalized spacial score (nSPS) is 22.5. The minimum Gasteiger partial charge on any atom is -0.379 e. The molecule has 2 atom stereocenters. The molecule has 0 radical (unpaired) electrons. The maximum atomic E-state index is 13.0. The van der Waals surface area contributed by atoms with Crippen LogP contribution in [0.2, 0.25) is 0 Å². The molecule has 0 aromatic heterocycles. The predicted molar refractivity (Wildman–Crippen MR) is 131 cm³/mol. The minimum atomic E-state index is -0.365. The molecule has 2 heterocycles. The van der Waals surface area contributed by atoms with Gasteiger partial charge in [-0.25, -0.2) is 5.01 Å². The molecule has 2 aliphatic heterocycles. The van der Waals surface area contributed by atoms with Crippen molar-refractivity contribution in [2.75, 3.05) is 31.3 Å². The average molecular weight is 475 g/mol. The van der Waals surface area contributed by atoms with E-state index in [1.54, 1.807) is 24.3 Å². The van der Waals surface area contributed by atoms with E-state index in [0.717, 1.165) is 38.4 Å². The molecule has 2 saturated heterocycles. The zero-order chi connectivity index (χ0) is 24.2. The number of morpholine rings is 1. The maximum absolute atomic E-state index is 13.0. The highest BCUT2D eigenvalue weighted by Crippen LogP contribution is 2.32. The number of ether oxygens (including phenoxy) is 1. The van der Waals surface area contributed by atoms with Crippen molar-refractivity contribution in [3.8, 4) is 0 Å². The summed E-state index contributed by atoms with van der Waals surface area (Å²) in [5.74, 6) is -1.23. The number of nitrogens with one attached hydrogen (secondary N) is 2. The molecule has 5 rings (SSSR count). The van der Waals surface area contributed by atoms with E-state index in [9.17, 15) is 14.4 Å². The quantitative estimate of drug-likeness (QED) is 0.628. The largest absolute Gasteiger partial charge is 0.379 e. The van der Waals surface area contributed by atoms with Crippen molar-refractivity contribution >= 4 is 23.4 Å². The van der Waals surface area contributed by atoms with Crippen molar-refractivity contribution in [3.05, 3.63) is 77.4 Å². The SMILES string of the molecule is O=C(NCc1cccc(CN2CCOCC2)c1)c1cccc(N2NC(=O)C3CC=CCC3C2=O)c1. The van der Waals surface area contributed by atoms with Gasteiger partial charge in [0.2, 0.25) is 11.8 Å². The first kappa shape index (κ1) is 23.3. The molecule has 0 spiro atoms. The summed E-state index contributed by atoms with van der Waals surface area (Å²) in [5.41, 5.74) is 5.85. The van der Waals surface area contributed by atoms with Gasteiger partial charge in [0.1, 0.15) is 0 Å². The van der Waals surface area contributed by atoms with Crippen molar-refractivity contribution < 1.29 is 19.1 Å². The Labute approximate surface area is 204 Å². The van der Waals surface area contributed by atoms with Gasteiger partial charge in [0, 0.05) is 31.7 Å². The summed E-state index contributed by atoms with van der Waals surface area (Å²) in [6.45, 7) is 4.64. The topological polar surface area (TPSA) is 91.0 Å². The van der Waals surface area contributed by atoms with Crippen LogP contribution >= 0.6 is 0 Å². The lowest BCUT2D eigenvalue weighted by Crippen LogP contribution is -2.59.